The highest BCUT2D eigenvalue weighted by atomic mass is 19.1. The minimum absolute atomic E-state index is 0.319. The molecule has 1 heterocycles. The van der Waals surface area contributed by atoms with Gasteiger partial charge in [0, 0.05) is 25.2 Å². The van der Waals surface area contributed by atoms with Gasteiger partial charge in [-0.25, -0.2) is 8.78 Å². The van der Waals surface area contributed by atoms with E-state index in [-0.39, 0.29) is 11.6 Å². The third-order valence-corrected chi connectivity index (χ3v) is 4.01. The standard InChI is InChI=1S/C16H25F2N3/c17-15-4-5-16(18)14(12-15)13-21-9-3-8-20(10-11-21)7-2-1-6-19/h4-5,12H,1-3,6-11,13,19H2. The summed E-state index contributed by atoms with van der Waals surface area (Å²) < 4.78 is 26.9. The Morgan fingerprint density at radius 2 is 1.76 bits per heavy atom. The van der Waals surface area contributed by atoms with Crippen molar-refractivity contribution in [1.29, 1.82) is 0 Å². The number of nitrogens with zero attached hydrogens (tertiary/aromatic N) is 2. The lowest BCUT2D eigenvalue weighted by atomic mass is 10.2. The Hall–Kier alpha value is -1.04. The van der Waals surface area contributed by atoms with Gasteiger partial charge in [-0.15, -0.1) is 0 Å². The van der Waals surface area contributed by atoms with Crippen LogP contribution in [-0.4, -0.2) is 49.1 Å². The molecule has 2 rings (SSSR count). The van der Waals surface area contributed by atoms with E-state index < -0.39 is 0 Å². The zero-order valence-corrected chi connectivity index (χ0v) is 12.5. The average molecular weight is 297 g/mol. The van der Waals surface area contributed by atoms with Crippen LogP contribution in [0.3, 0.4) is 0 Å². The second-order valence-corrected chi connectivity index (χ2v) is 5.70. The van der Waals surface area contributed by atoms with Crippen molar-refractivity contribution >= 4 is 0 Å². The molecule has 0 radical (unpaired) electrons. The van der Waals surface area contributed by atoms with Crippen LogP contribution in [0.1, 0.15) is 24.8 Å². The Kier molecular flexibility index (Phi) is 6.54. The van der Waals surface area contributed by atoms with Gasteiger partial charge in [-0.05, 0) is 63.6 Å². The van der Waals surface area contributed by atoms with Crippen molar-refractivity contribution in [3.63, 3.8) is 0 Å². The summed E-state index contributed by atoms with van der Waals surface area (Å²) >= 11 is 0. The molecule has 0 bridgehead atoms. The number of benzene rings is 1. The summed E-state index contributed by atoms with van der Waals surface area (Å²) in [6.07, 6.45) is 3.27. The third-order valence-electron chi connectivity index (χ3n) is 4.01. The number of halogens is 2. The fourth-order valence-electron chi connectivity index (χ4n) is 2.79. The topological polar surface area (TPSA) is 32.5 Å². The molecule has 0 amide bonds. The van der Waals surface area contributed by atoms with Crippen LogP contribution in [-0.2, 0) is 6.54 Å². The maximum absolute atomic E-state index is 13.7. The van der Waals surface area contributed by atoms with Crippen LogP contribution in [0.2, 0.25) is 0 Å². The molecule has 1 aliphatic heterocycles. The van der Waals surface area contributed by atoms with Gasteiger partial charge in [0.05, 0.1) is 0 Å². The van der Waals surface area contributed by atoms with Gasteiger partial charge in [-0.2, -0.15) is 0 Å². The highest BCUT2D eigenvalue weighted by Crippen LogP contribution is 2.14. The van der Waals surface area contributed by atoms with Gasteiger partial charge in [0.15, 0.2) is 0 Å². The lowest BCUT2D eigenvalue weighted by Gasteiger charge is -2.22. The molecule has 1 aromatic rings. The van der Waals surface area contributed by atoms with Gasteiger partial charge in [-0.3, -0.25) is 4.90 Å². The molecule has 0 saturated carbocycles. The molecule has 1 saturated heterocycles. The van der Waals surface area contributed by atoms with Crippen LogP contribution < -0.4 is 5.73 Å². The van der Waals surface area contributed by atoms with Gasteiger partial charge in [0.1, 0.15) is 11.6 Å². The second-order valence-electron chi connectivity index (χ2n) is 5.70. The summed E-state index contributed by atoms with van der Waals surface area (Å²) in [5.74, 6) is -0.690. The van der Waals surface area contributed by atoms with E-state index >= 15 is 0 Å². The molecular formula is C16H25F2N3. The summed E-state index contributed by atoms with van der Waals surface area (Å²) in [6.45, 7) is 6.22. The van der Waals surface area contributed by atoms with Crippen LogP contribution in [0.25, 0.3) is 0 Å². The molecule has 118 valence electrons. The first-order chi connectivity index (χ1) is 10.2. The van der Waals surface area contributed by atoms with E-state index in [4.69, 9.17) is 5.73 Å². The van der Waals surface area contributed by atoms with Crippen molar-refractivity contribution < 1.29 is 8.78 Å². The van der Waals surface area contributed by atoms with Crippen LogP contribution in [0.5, 0.6) is 0 Å². The Morgan fingerprint density at radius 1 is 1.00 bits per heavy atom. The quantitative estimate of drug-likeness (QED) is 0.817. The van der Waals surface area contributed by atoms with Crippen molar-refractivity contribution in [2.75, 3.05) is 39.3 Å². The zero-order valence-electron chi connectivity index (χ0n) is 12.5. The molecular weight excluding hydrogens is 272 g/mol. The molecule has 2 N–H and O–H groups in total. The molecule has 0 aromatic heterocycles. The first kappa shape index (κ1) is 16.3. The van der Waals surface area contributed by atoms with E-state index in [0.717, 1.165) is 58.5 Å². The average Bonchev–Trinajstić information content (AvgIpc) is 2.69. The molecule has 0 spiro atoms. The second kappa shape index (κ2) is 8.41. The predicted molar refractivity (Wildman–Crippen MR) is 81.0 cm³/mol. The maximum Gasteiger partial charge on any atom is 0.127 e. The van der Waals surface area contributed by atoms with E-state index in [1.807, 2.05) is 0 Å². The van der Waals surface area contributed by atoms with Crippen molar-refractivity contribution in [2.45, 2.75) is 25.8 Å². The summed E-state index contributed by atoms with van der Waals surface area (Å²) in [6, 6.07) is 3.68. The third kappa shape index (κ3) is 5.34. The minimum Gasteiger partial charge on any atom is -0.330 e. The summed E-state index contributed by atoms with van der Waals surface area (Å²) in [4.78, 5) is 4.65. The van der Waals surface area contributed by atoms with Gasteiger partial charge in [0.25, 0.3) is 0 Å². The van der Waals surface area contributed by atoms with Gasteiger partial charge < -0.3 is 10.6 Å². The van der Waals surface area contributed by atoms with Crippen LogP contribution in [0.4, 0.5) is 8.78 Å². The van der Waals surface area contributed by atoms with Gasteiger partial charge >= 0.3 is 0 Å². The lowest BCUT2D eigenvalue weighted by molar-refractivity contribution is 0.247. The predicted octanol–water partition coefficient (Wildman–Crippen LogP) is 2.21. The Morgan fingerprint density at radius 3 is 2.57 bits per heavy atom. The summed E-state index contributed by atoms with van der Waals surface area (Å²) in [5.41, 5.74) is 5.97. The molecule has 0 atom stereocenters. The molecule has 1 fully saturated rings. The number of unbranched alkanes of at least 4 members (excludes halogenated alkanes) is 1. The van der Waals surface area contributed by atoms with Gasteiger partial charge in [-0.1, -0.05) is 0 Å². The summed E-state index contributed by atoms with van der Waals surface area (Å²) in [5, 5.41) is 0. The van der Waals surface area contributed by atoms with Crippen molar-refractivity contribution in [2.24, 2.45) is 5.73 Å². The largest absolute Gasteiger partial charge is 0.330 e. The SMILES string of the molecule is NCCCCN1CCCN(Cc2cc(F)ccc2F)CC1. The van der Waals surface area contributed by atoms with Crippen molar-refractivity contribution in [1.82, 2.24) is 9.80 Å². The molecule has 5 heteroatoms. The Labute approximate surface area is 125 Å². The first-order valence-electron chi connectivity index (χ1n) is 7.78. The first-order valence-corrected chi connectivity index (χ1v) is 7.78. The van der Waals surface area contributed by atoms with E-state index in [9.17, 15) is 8.78 Å². The highest BCUT2D eigenvalue weighted by molar-refractivity contribution is 5.18. The van der Waals surface area contributed by atoms with Gasteiger partial charge in [0.2, 0.25) is 0 Å². The molecule has 0 aliphatic carbocycles. The number of hydrogen-bond donors (Lipinski definition) is 1. The Bertz CT molecular complexity index is 440. The number of nitrogens with two attached hydrogens (primary N) is 1. The molecule has 0 unspecified atom stereocenters. The van der Waals surface area contributed by atoms with Crippen molar-refractivity contribution in [3.8, 4) is 0 Å². The smallest absolute Gasteiger partial charge is 0.127 e. The van der Waals surface area contributed by atoms with Crippen LogP contribution >= 0.6 is 0 Å². The molecule has 1 aromatic carbocycles. The molecule has 1 aliphatic rings. The maximum atomic E-state index is 13.7. The monoisotopic (exact) mass is 297 g/mol. The summed E-state index contributed by atoms with van der Waals surface area (Å²) in [7, 11) is 0. The fraction of sp³-hybridized carbons (Fsp3) is 0.625. The molecule has 21 heavy (non-hydrogen) atoms. The van der Waals surface area contributed by atoms with Crippen molar-refractivity contribution in [3.05, 3.63) is 35.4 Å². The Balaban J connectivity index is 1.84. The lowest BCUT2D eigenvalue weighted by Crippen LogP contribution is -2.31. The van der Waals surface area contributed by atoms with E-state index in [1.54, 1.807) is 0 Å². The van der Waals surface area contributed by atoms with E-state index in [1.165, 1.54) is 18.2 Å². The number of hydrogen-bond acceptors (Lipinski definition) is 3. The zero-order chi connectivity index (χ0) is 15.1. The normalized spacial score (nSPS) is 17.9. The minimum atomic E-state index is -0.371. The van der Waals surface area contributed by atoms with Crippen LogP contribution in [0, 0.1) is 11.6 Å². The number of rotatable bonds is 6. The van der Waals surface area contributed by atoms with E-state index in [0.29, 0.717) is 12.1 Å². The van der Waals surface area contributed by atoms with Crippen LogP contribution in [0.15, 0.2) is 18.2 Å². The molecule has 3 nitrogen and oxygen atoms in total. The highest BCUT2D eigenvalue weighted by Gasteiger charge is 2.16. The van der Waals surface area contributed by atoms with E-state index in [2.05, 4.69) is 9.80 Å². The fourth-order valence-corrected chi connectivity index (χ4v) is 2.79.